The summed E-state index contributed by atoms with van der Waals surface area (Å²) < 4.78 is 43.5. The van der Waals surface area contributed by atoms with Crippen LogP contribution in [0.25, 0.3) is 0 Å². The molecule has 1 aliphatic rings. The Bertz CT molecular complexity index is 465. The molecule has 1 aromatic rings. The molecular formula is C13H18F3N3O. The number of alkyl halides is 3. The van der Waals surface area contributed by atoms with Gasteiger partial charge in [-0.2, -0.15) is 13.2 Å². The Morgan fingerprint density at radius 2 is 2.15 bits per heavy atom. The van der Waals surface area contributed by atoms with E-state index >= 15 is 0 Å². The van der Waals surface area contributed by atoms with Crippen molar-refractivity contribution in [1.82, 2.24) is 14.9 Å². The van der Waals surface area contributed by atoms with Gasteiger partial charge in [-0.1, -0.05) is 0 Å². The second kappa shape index (κ2) is 6.05. The second-order valence-electron chi connectivity index (χ2n) is 4.94. The third-order valence-corrected chi connectivity index (χ3v) is 3.41. The van der Waals surface area contributed by atoms with Crippen LogP contribution in [0, 0.1) is 6.92 Å². The van der Waals surface area contributed by atoms with E-state index in [4.69, 9.17) is 4.74 Å². The number of nitrogens with zero attached hydrogens (tertiary/aromatic N) is 3. The molecule has 1 fully saturated rings. The molecular weight excluding hydrogens is 271 g/mol. The van der Waals surface area contributed by atoms with Crippen molar-refractivity contribution in [2.24, 2.45) is 0 Å². The maximum Gasteiger partial charge on any atom is 0.433 e. The van der Waals surface area contributed by atoms with Gasteiger partial charge in [-0.25, -0.2) is 9.97 Å². The van der Waals surface area contributed by atoms with E-state index in [1.807, 2.05) is 0 Å². The van der Waals surface area contributed by atoms with E-state index in [0.717, 1.165) is 25.5 Å². The maximum atomic E-state index is 12.8. The fourth-order valence-electron chi connectivity index (χ4n) is 2.48. The average Bonchev–Trinajstić information content (AvgIpc) is 2.82. The lowest BCUT2D eigenvalue weighted by atomic mass is 10.2. The molecule has 20 heavy (non-hydrogen) atoms. The summed E-state index contributed by atoms with van der Waals surface area (Å²) in [7, 11) is 1.61. The molecule has 0 amide bonds. The lowest BCUT2D eigenvalue weighted by molar-refractivity contribution is -0.141. The van der Waals surface area contributed by atoms with Crippen LogP contribution in [0.3, 0.4) is 0 Å². The average molecular weight is 289 g/mol. The molecule has 1 aromatic heterocycles. The minimum Gasteiger partial charge on any atom is -0.383 e. The molecule has 1 saturated heterocycles. The molecule has 2 heterocycles. The first-order valence-electron chi connectivity index (χ1n) is 6.57. The van der Waals surface area contributed by atoms with Crippen molar-refractivity contribution in [2.45, 2.75) is 32.0 Å². The van der Waals surface area contributed by atoms with Crippen molar-refractivity contribution in [3.8, 4) is 0 Å². The van der Waals surface area contributed by atoms with E-state index in [2.05, 4.69) is 14.9 Å². The molecule has 0 aliphatic carbocycles. The summed E-state index contributed by atoms with van der Waals surface area (Å²) in [5, 5.41) is 0. The summed E-state index contributed by atoms with van der Waals surface area (Å²) in [5.74, 6) is 0.269. The molecule has 1 aliphatic heterocycles. The first-order chi connectivity index (χ1) is 9.41. The van der Waals surface area contributed by atoms with Gasteiger partial charge in [0.05, 0.1) is 12.6 Å². The van der Waals surface area contributed by atoms with Gasteiger partial charge in [0.2, 0.25) is 0 Å². The highest BCUT2D eigenvalue weighted by Gasteiger charge is 2.35. The number of likely N-dealkylation sites (tertiary alicyclic amines) is 1. The molecule has 0 aromatic carbocycles. The number of hydrogen-bond donors (Lipinski definition) is 0. The first kappa shape index (κ1) is 15.2. The number of hydrogen-bond acceptors (Lipinski definition) is 4. The normalized spacial score (nSPS) is 20.6. The molecule has 7 heteroatoms. The zero-order chi connectivity index (χ0) is 14.8. The number of rotatable bonds is 4. The molecule has 0 spiro atoms. The topological polar surface area (TPSA) is 38.2 Å². The van der Waals surface area contributed by atoms with Crippen LogP contribution < -0.4 is 0 Å². The molecule has 0 bridgehead atoms. The van der Waals surface area contributed by atoms with Crippen molar-refractivity contribution in [1.29, 1.82) is 0 Å². The number of halogens is 3. The Labute approximate surface area is 116 Å². The van der Waals surface area contributed by atoms with E-state index in [-0.39, 0.29) is 11.9 Å². The van der Waals surface area contributed by atoms with Gasteiger partial charge in [0.15, 0.2) is 0 Å². The first-order valence-corrected chi connectivity index (χ1v) is 6.57. The summed E-state index contributed by atoms with van der Waals surface area (Å²) in [6.45, 7) is 3.63. The smallest absolute Gasteiger partial charge is 0.383 e. The van der Waals surface area contributed by atoms with E-state index in [0.29, 0.717) is 18.8 Å². The van der Waals surface area contributed by atoms with E-state index < -0.39 is 11.9 Å². The molecule has 0 N–H and O–H groups in total. The standard InChI is InChI=1S/C13H18F3N3O/c1-9-8-11(13(14,15)16)18-12(17-9)10-4-3-5-19(10)6-7-20-2/h8,10H,3-7H2,1-2H3/t10-/m0/s1. The summed E-state index contributed by atoms with van der Waals surface area (Å²) in [6, 6.07) is 0.837. The zero-order valence-corrected chi connectivity index (χ0v) is 11.6. The van der Waals surface area contributed by atoms with Crippen LogP contribution in [0.5, 0.6) is 0 Å². The Kier molecular flexibility index (Phi) is 4.59. The highest BCUT2D eigenvalue weighted by Crippen LogP contribution is 2.33. The third kappa shape index (κ3) is 3.46. The van der Waals surface area contributed by atoms with E-state index in [1.165, 1.54) is 0 Å². The number of ether oxygens (including phenoxy) is 1. The maximum absolute atomic E-state index is 12.8. The summed E-state index contributed by atoms with van der Waals surface area (Å²) in [5.41, 5.74) is -0.514. The molecule has 0 unspecified atom stereocenters. The molecule has 0 radical (unpaired) electrons. The summed E-state index contributed by atoms with van der Waals surface area (Å²) in [4.78, 5) is 10.0. The van der Waals surface area contributed by atoms with Crippen molar-refractivity contribution < 1.29 is 17.9 Å². The monoisotopic (exact) mass is 289 g/mol. The van der Waals surface area contributed by atoms with Gasteiger partial charge in [-0.3, -0.25) is 4.90 Å². The molecule has 2 rings (SSSR count). The van der Waals surface area contributed by atoms with Crippen LogP contribution in [-0.2, 0) is 10.9 Å². The van der Waals surface area contributed by atoms with E-state index in [1.54, 1.807) is 14.0 Å². The highest BCUT2D eigenvalue weighted by atomic mass is 19.4. The number of aromatic nitrogens is 2. The van der Waals surface area contributed by atoms with Crippen molar-refractivity contribution in [3.63, 3.8) is 0 Å². The van der Waals surface area contributed by atoms with Crippen LogP contribution >= 0.6 is 0 Å². The summed E-state index contributed by atoms with van der Waals surface area (Å²) >= 11 is 0. The van der Waals surface area contributed by atoms with Crippen LogP contribution in [0.2, 0.25) is 0 Å². The molecule has 1 atom stereocenters. The second-order valence-corrected chi connectivity index (χ2v) is 4.94. The van der Waals surface area contributed by atoms with Gasteiger partial charge in [0.1, 0.15) is 11.5 Å². The van der Waals surface area contributed by atoms with Crippen LogP contribution in [-0.4, -0.2) is 41.7 Å². The fourth-order valence-corrected chi connectivity index (χ4v) is 2.48. The van der Waals surface area contributed by atoms with Gasteiger partial charge in [-0.05, 0) is 32.4 Å². The van der Waals surface area contributed by atoms with E-state index in [9.17, 15) is 13.2 Å². The third-order valence-electron chi connectivity index (χ3n) is 3.41. The highest BCUT2D eigenvalue weighted by molar-refractivity contribution is 5.15. The predicted molar refractivity (Wildman–Crippen MR) is 67.2 cm³/mol. The van der Waals surface area contributed by atoms with Crippen LogP contribution in [0.15, 0.2) is 6.07 Å². The number of methoxy groups -OCH3 is 1. The molecule has 4 nitrogen and oxygen atoms in total. The minimum absolute atomic E-state index is 0.147. The van der Waals surface area contributed by atoms with Gasteiger partial charge >= 0.3 is 6.18 Å². The molecule has 0 saturated carbocycles. The minimum atomic E-state index is -4.43. The van der Waals surface area contributed by atoms with Gasteiger partial charge in [0.25, 0.3) is 0 Å². The van der Waals surface area contributed by atoms with Gasteiger partial charge < -0.3 is 4.74 Å². The fraction of sp³-hybridized carbons (Fsp3) is 0.692. The van der Waals surface area contributed by atoms with Crippen molar-refractivity contribution in [2.75, 3.05) is 26.8 Å². The molecule has 112 valence electrons. The Hall–Kier alpha value is -1.21. The summed E-state index contributed by atoms with van der Waals surface area (Å²) in [6.07, 6.45) is -2.71. The van der Waals surface area contributed by atoms with Crippen LogP contribution in [0.4, 0.5) is 13.2 Å². The van der Waals surface area contributed by atoms with Crippen molar-refractivity contribution >= 4 is 0 Å². The van der Waals surface area contributed by atoms with Gasteiger partial charge in [-0.15, -0.1) is 0 Å². The Morgan fingerprint density at radius 1 is 1.40 bits per heavy atom. The Morgan fingerprint density at radius 3 is 2.80 bits per heavy atom. The lowest BCUT2D eigenvalue weighted by Gasteiger charge is -2.23. The zero-order valence-electron chi connectivity index (χ0n) is 11.6. The number of aryl methyl sites for hydroxylation is 1. The van der Waals surface area contributed by atoms with Crippen molar-refractivity contribution in [3.05, 3.63) is 23.3 Å². The SMILES string of the molecule is COCCN1CCC[C@H]1c1nc(C)cc(C(F)(F)F)n1. The predicted octanol–water partition coefficient (Wildman–Crippen LogP) is 2.59. The van der Waals surface area contributed by atoms with Crippen LogP contribution in [0.1, 0.15) is 36.1 Å². The largest absolute Gasteiger partial charge is 0.433 e. The van der Waals surface area contributed by atoms with Gasteiger partial charge in [0, 0.05) is 19.3 Å². The quantitative estimate of drug-likeness (QED) is 0.854. The Balaban J connectivity index is 2.25. The lowest BCUT2D eigenvalue weighted by Crippen LogP contribution is -2.29.